The monoisotopic (exact) mass is 340 g/mol. The van der Waals surface area contributed by atoms with Crippen LogP contribution in [0, 0.1) is 0 Å². The molecule has 1 aromatic rings. The van der Waals surface area contributed by atoms with Gasteiger partial charge in [0, 0.05) is 29.9 Å². The van der Waals surface area contributed by atoms with Crippen LogP contribution in [0.1, 0.15) is 20.8 Å². The number of benzene rings is 1. The molecule has 7 heteroatoms. The molecule has 0 radical (unpaired) electrons. The molecule has 128 valence electrons. The van der Waals surface area contributed by atoms with Crippen LogP contribution in [0.4, 0.5) is 10.5 Å². The maximum absolute atomic E-state index is 12.7. The Morgan fingerprint density at radius 1 is 1.22 bits per heavy atom. The molecule has 1 aromatic carbocycles. The number of amides is 1. The van der Waals surface area contributed by atoms with Crippen molar-refractivity contribution in [3.05, 3.63) is 24.3 Å². The number of carbonyl (C=O) groups is 1. The fourth-order valence-electron chi connectivity index (χ4n) is 2.21. The van der Waals surface area contributed by atoms with Crippen LogP contribution in [0.5, 0.6) is 0 Å². The van der Waals surface area contributed by atoms with Crippen LogP contribution in [0.25, 0.3) is 0 Å². The summed E-state index contributed by atoms with van der Waals surface area (Å²) in [7, 11) is -2.82. The Hall–Kier alpha value is -1.60. The molecule has 0 unspecified atom stereocenters. The number of rotatable bonds is 2. The predicted octanol–water partition coefficient (Wildman–Crippen LogP) is 2.92. The molecule has 1 aliphatic heterocycles. The molecule has 1 fully saturated rings. The number of nitrogens with zero attached hydrogens (tertiary/aromatic N) is 2. The lowest BCUT2D eigenvalue weighted by molar-refractivity contribution is 0.0607. The molecule has 0 N–H and O–H groups in total. The molecule has 0 bridgehead atoms. The van der Waals surface area contributed by atoms with E-state index in [4.69, 9.17) is 9.47 Å². The standard InChI is InChI=1S/C16H24N2O4S/c1-16(2,3)22-15(19)17-23(4,20)14-7-5-13(6-8-14)18-9-11-21-12-10-18/h5-8H,9-12H2,1-4H3/t23-/m1/s1. The predicted molar refractivity (Wildman–Crippen MR) is 90.5 cm³/mol. The smallest absolute Gasteiger partial charge is 0.442 e. The van der Waals surface area contributed by atoms with Crippen molar-refractivity contribution in [1.82, 2.24) is 0 Å². The van der Waals surface area contributed by atoms with Crippen molar-refractivity contribution in [2.75, 3.05) is 37.5 Å². The molecular formula is C16H24N2O4S. The second-order valence-corrected chi connectivity index (χ2v) is 8.73. The third kappa shape index (κ3) is 5.21. The van der Waals surface area contributed by atoms with Gasteiger partial charge in [-0.25, -0.2) is 9.00 Å². The van der Waals surface area contributed by atoms with E-state index in [1.165, 1.54) is 6.26 Å². The SMILES string of the molecule is CC(C)(C)OC(=O)N=[S@](C)(=O)c1ccc(N2CCOCC2)cc1. The summed E-state index contributed by atoms with van der Waals surface area (Å²) in [4.78, 5) is 14.5. The van der Waals surface area contributed by atoms with Gasteiger partial charge in [0.25, 0.3) is 0 Å². The lowest BCUT2D eigenvalue weighted by atomic mass is 10.2. The van der Waals surface area contributed by atoms with E-state index in [1.54, 1.807) is 32.9 Å². The first-order chi connectivity index (χ1) is 10.7. The van der Waals surface area contributed by atoms with Gasteiger partial charge in [-0.2, -0.15) is 0 Å². The van der Waals surface area contributed by atoms with E-state index in [1.807, 2.05) is 12.1 Å². The average molecular weight is 340 g/mol. The number of carbonyl (C=O) groups excluding carboxylic acids is 1. The van der Waals surface area contributed by atoms with Crippen molar-refractivity contribution < 1.29 is 18.5 Å². The Balaban J connectivity index is 2.16. The van der Waals surface area contributed by atoms with Crippen LogP contribution in [-0.4, -0.2) is 48.5 Å². The zero-order valence-electron chi connectivity index (χ0n) is 14.1. The zero-order chi connectivity index (χ0) is 17.1. The molecule has 1 heterocycles. The first-order valence-corrected chi connectivity index (χ1v) is 9.48. The largest absolute Gasteiger partial charge is 0.442 e. The van der Waals surface area contributed by atoms with E-state index in [0.29, 0.717) is 18.1 Å². The fraction of sp³-hybridized carbons (Fsp3) is 0.562. The molecule has 1 aliphatic rings. The molecule has 2 rings (SSSR count). The Bertz CT molecular complexity index is 664. The minimum absolute atomic E-state index is 0.514. The van der Waals surface area contributed by atoms with Crippen molar-refractivity contribution in [2.24, 2.45) is 4.36 Å². The number of hydrogen-bond acceptors (Lipinski definition) is 5. The minimum Gasteiger partial charge on any atom is -0.442 e. The molecule has 1 amide bonds. The van der Waals surface area contributed by atoms with Crippen molar-refractivity contribution >= 4 is 21.5 Å². The first kappa shape index (κ1) is 17.7. The van der Waals surface area contributed by atoms with E-state index < -0.39 is 21.4 Å². The van der Waals surface area contributed by atoms with Crippen LogP contribution < -0.4 is 4.90 Å². The van der Waals surface area contributed by atoms with Crippen molar-refractivity contribution in [1.29, 1.82) is 0 Å². The lowest BCUT2D eigenvalue weighted by Gasteiger charge is -2.28. The zero-order valence-corrected chi connectivity index (χ0v) is 14.9. The van der Waals surface area contributed by atoms with Gasteiger partial charge in [0.2, 0.25) is 0 Å². The van der Waals surface area contributed by atoms with E-state index in [9.17, 15) is 9.00 Å². The maximum Gasteiger partial charge on any atom is 0.442 e. The maximum atomic E-state index is 12.7. The van der Waals surface area contributed by atoms with E-state index >= 15 is 0 Å². The van der Waals surface area contributed by atoms with Gasteiger partial charge < -0.3 is 14.4 Å². The van der Waals surface area contributed by atoms with Crippen LogP contribution in [0.3, 0.4) is 0 Å². The minimum atomic E-state index is -2.82. The van der Waals surface area contributed by atoms with Gasteiger partial charge in [0.15, 0.2) is 0 Å². The number of morpholine rings is 1. The highest BCUT2D eigenvalue weighted by molar-refractivity contribution is 7.93. The molecule has 1 atom stereocenters. The van der Waals surface area contributed by atoms with Gasteiger partial charge in [0.05, 0.1) is 22.9 Å². The van der Waals surface area contributed by atoms with Crippen LogP contribution in [0.2, 0.25) is 0 Å². The molecule has 0 saturated carbocycles. The fourth-order valence-corrected chi connectivity index (χ4v) is 3.27. The molecule has 23 heavy (non-hydrogen) atoms. The van der Waals surface area contributed by atoms with Gasteiger partial charge in [-0.05, 0) is 45.0 Å². The van der Waals surface area contributed by atoms with Crippen LogP contribution in [0.15, 0.2) is 33.5 Å². The topological polar surface area (TPSA) is 68.2 Å². The molecule has 1 saturated heterocycles. The Morgan fingerprint density at radius 2 is 1.78 bits per heavy atom. The summed E-state index contributed by atoms with van der Waals surface area (Å²) in [6.07, 6.45) is 0.642. The number of hydrogen-bond donors (Lipinski definition) is 0. The third-order valence-electron chi connectivity index (χ3n) is 3.29. The second kappa shape index (κ2) is 6.88. The lowest BCUT2D eigenvalue weighted by Crippen LogP contribution is -2.36. The highest BCUT2D eigenvalue weighted by Crippen LogP contribution is 2.20. The first-order valence-electron chi connectivity index (χ1n) is 7.55. The summed E-state index contributed by atoms with van der Waals surface area (Å²) >= 11 is 0. The molecule has 0 spiro atoms. The number of ether oxygens (including phenoxy) is 2. The normalized spacial score (nSPS) is 18.2. The summed E-state index contributed by atoms with van der Waals surface area (Å²) in [5.41, 5.74) is 0.389. The summed E-state index contributed by atoms with van der Waals surface area (Å²) in [6.45, 7) is 8.33. The summed E-state index contributed by atoms with van der Waals surface area (Å²) < 4.78 is 26.8. The Kier molecular flexibility index (Phi) is 5.31. The third-order valence-corrected chi connectivity index (χ3v) is 4.94. The van der Waals surface area contributed by atoms with Crippen molar-refractivity contribution in [3.63, 3.8) is 0 Å². The van der Waals surface area contributed by atoms with E-state index in [2.05, 4.69) is 9.26 Å². The highest BCUT2D eigenvalue weighted by atomic mass is 32.2. The van der Waals surface area contributed by atoms with Gasteiger partial charge in [-0.15, -0.1) is 4.36 Å². The summed E-state index contributed by atoms with van der Waals surface area (Å²) in [5, 5.41) is 0. The molecular weight excluding hydrogens is 316 g/mol. The Labute approximate surface area is 138 Å². The van der Waals surface area contributed by atoms with Crippen LogP contribution >= 0.6 is 0 Å². The van der Waals surface area contributed by atoms with Gasteiger partial charge >= 0.3 is 6.09 Å². The van der Waals surface area contributed by atoms with Gasteiger partial charge in [-0.3, -0.25) is 0 Å². The molecule has 0 aromatic heterocycles. The van der Waals surface area contributed by atoms with Gasteiger partial charge in [-0.1, -0.05) is 0 Å². The Morgan fingerprint density at radius 3 is 2.30 bits per heavy atom. The molecule has 6 nitrogen and oxygen atoms in total. The summed E-state index contributed by atoms with van der Waals surface area (Å²) in [5.74, 6) is 0. The average Bonchev–Trinajstić information content (AvgIpc) is 2.45. The number of anilines is 1. The second-order valence-electron chi connectivity index (χ2n) is 6.47. The molecule has 0 aliphatic carbocycles. The van der Waals surface area contributed by atoms with Crippen LogP contribution in [-0.2, 0) is 19.2 Å². The van der Waals surface area contributed by atoms with E-state index in [-0.39, 0.29) is 0 Å². The van der Waals surface area contributed by atoms with E-state index in [0.717, 1.165) is 18.8 Å². The summed E-state index contributed by atoms with van der Waals surface area (Å²) in [6, 6.07) is 7.30. The quantitative estimate of drug-likeness (QED) is 0.828. The van der Waals surface area contributed by atoms with Gasteiger partial charge in [0.1, 0.15) is 5.60 Å². The van der Waals surface area contributed by atoms with Crippen molar-refractivity contribution in [3.8, 4) is 0 Å². The van der Waals surface area contributed by atoms with Crippen molar-refractivity contribution in [2.45, 2.75) is 31.3 Å². The highest BCUT2D eigenvalue weighted by Gasteiger charge is 2.18.